The van der Waals surface area contributed by atoms with Gasteiger partial charge in [-0.15, -0.1) is 10.2 Å². The third-order valence-corrected chi connectivity index (χ3v) is 6.23. The van der Waals surface area contributed by atoms with Crippen molar-refractivity contribution in [2.75, 3.05) is 37.7 Å². The molecule has 2 fully saturated rings. The second-order valence-corrected chi connectivity index (χ2v) is 7.76. The molecule has 1 aromatic heterocycles. The van der Waals surface area contributed by atoms with E-state index in [0.717, 1.165) is 57.0 Å². The summed E-state index contributed by atoms with van der Waals surface area (Å²) in [6.07, 6.45) is 4.65. The largest absolute Gasteiger partial charge is 0.372 e. The number of anilines is 1. The van der Waals surface area contributed by atoms with Crippen LogP contribution in [-0.4, -0.2) is 59.4 Å². The van der Waals surface area contributed by atoms with E-state index >= 15 is 0 Å². The third kappa shape index (κ3) is 3.88. The summed E-state index contributed by atoms with van der Waals surface area (Å²) in [4.78, 5) is 16.8. The van der Waals surface area contributed by atoms with Crippen LogP contribution >= 0.6 is 11.3 Å². The number of piperidine rings is 1. The Hall–Kier alpha value is -1.21. The van der Waals surface area contributed by atoms with Gasteiger partial charge < -0.3 is 14.5 Å². The summed E-state index contributed by atoms with van der Waals surface area (Å²) in [7, 11) is 0. The summed E-state index contributed by atoms with van der Waals surface area (Å²) >= 11 is 1.58. The highest BCUT2D eigenvalue weighted by Crippen LogP contribution is 2.33. The molecule has 1 spiro atoms. The molecule has 1 amide bonds. The van der Waals surface area contributed by atoms with E-state index in [1.54, 1.807) is 16.8 Å². The lowest BCUT2D eigenvalue weighted by molar-refractivity contribution is -0.132. The fraction of sp³-hybridized carbons (Fsp3) is 0.824. The molecule has 0 bridgehead atoms. The molecule has 0 aliphatic carbocycles. The van der Waals surface area contributed by atoms with Gasteiger partial charge in [-0.3, -0.25) is 4.79 Å². The van der Waals surface area contributed by atoms with Gasteiger partial charge in [-0.05, 0) is 18.8 Å². The Balaban J connectivity index is 1.65. The molecule has 7 heteroatoms. The van der Waals surface area contributed by atoms with Crippen molar-refractivity contribution in [3.8, 4) is 0 Å². The lowest BCUT2D eigenvalue weighted by Gasteiger charge is -2.42. The number of carbonyl (C=O) groups excluding carboxylic acids is 1. The van der Waals surface area contributed by atoms with E-state index in [1.807, 2.05) is 0 Å². The monoisotopic (exact) mass is 352 g/mol. The second-order valence-electron chi connectivity index (χ2n) is 6.95. The molecule has 6 nitrogen and oxygen atoms in total. The van der Waals surface area contributed by atoms with Crippen LogP contribution in [0.25, 0.3) is 0 Å². The first-order valence-electron chi connectivity index (χ1n) is 9.08. The zero-order valence-corrected chi connectivity index (χ0v) is 15.6. The van der Waals surface area contributed by atoms with E-state index in [0.29, 0.717) is 18.9 Å². The van der Waals surface area contributed by atoms with Crippen LogP contribution in [-0.2, 0) is 9.53 Å². The molecule has 3 heterocycles. The van der Waals surface area contributed by atoms with Gasteiger partial charge in [-0.1, -0.05) is 38.0 Å². The van der Waals surface area contributed by atoms with Gasteiger partial charge >= 0.3 is 0 Å². The van der Waals surface area contributed by atoms with Crippen molar-refractivity contribution in [1.82, 2.24) is 15.1 Å². The molecule has 2 aliphatic rings. The van der Waals surface area contributed by atoms with Crippen LogP contribution in [0.3, 0.4) is 0 Å². The minimum Gasteiger partial charge on any atom is -0.372 e. The topological polar surface area (TPSA) is 58.6 Å². The van der Waals surface area contributed by atoms with Crippen molar-refractivity contribution in [3.63, 3.8) is 0 Å². The van der Waals surface area contributed by atoms with Gasteiger partial charge in [0.25, 0.3) is 0 Å². The maximum Gasteiger partial charge on any atom is 0.224 e. The van der Waals surface area contributed by atoms with Crippen molar-refractivity contribution in [3.05, 3.63) is 5.51 Å². The fourth-order valence-corrected chi connectivity index (χ4v) is 4.35. The van der Waals surface area contributed by atoms with Crippen LogP contribution in [0.15, 0.2) is 5.51 Å². The fourth-order valence-electron chi connectivity index (χ4n) is 3.73. The average Bonchev–Trinajstić information content (AvgIpc) is 3.09. The van der Waals surface area contributed by atoms with Crippen molar-refractivity contribution < 1.29 is 9.53 Å². The minimum absolute atomic E-state index is 0.181. The number of ether oxygens (including phenoxy) is 1. The SMILES string of the molecule is CCC(CC)CN1CC2(CCN(c3nncs3)CC2)OCCC1=O. The number of nitrogens with zero attached hydrogens (tertiary/aromatic N) is 4. The molecule has 1 aromatic rings. The van der Waals surface area contributed by atoms with E-state index < -0.39 is 0 Å². The molecule has 24 heavy (non-hydrogen) atoms. The summed E-state index contributed by atoms with van der Waals surface area (Å²) in [6.45, 7) is 8.43. The predicted molar refractivity (Wildman–Crippen MR) is 95.3 cm³/mol. The highest BCUT2D eigenvalue weighted by molar-refractivity contribution is 7.13. The summed E-state index contributed by atoms with van der Waals surface area (Å²) < 4.78 is 6.22. The molecular weight excluding hydrogens is 324 g/mol. The Morgan fingerprint density at radius 1 is 1.33 bits per heavy atom. The number of amides is 1. The highest BCUT2D eigenvalue weighted by atomic mass is 32.1. The summed E-state index contributed by atoms with van der Waals surface area (Å²) in [5.74, 6) is 0.843. The number of aromatic nitrogens is 2. The molecule has 0 saturated carbocycles. The summed E-state index contributed by atoms with van der Waals surface area (Å²) in [6, 6.07) is 0. The molecule has 0 aromatic carbocycles. The van der Waals surface area contributed by atoms with Crippen LogP contribution in [0.1, 0.15) is 46.0 Å². The predicted octanol–water partition coefficient (Wildman–Crippen LogP) is 2.56. The Labute approximate surface area is 148 Å². The van der Waals surface area contributed by atoms with Gasteiger partial charge in [0, 0.05) is 26.2 Å². The normalized spacial score (nSPS) is 21.5. The first kappa shape index (κ1) is 17.6. The third-order valence-electron chi connectivity index (χ3n) is 5.48. The van der Waals surface area contributed by atoms with E-state index in [4.69, 9.17) is 4.74 Å². The summed E-state index contributed by atoms with van der Waals surface area (Å²) in [5, 5.41) is 9.09. The molecule has 134 valence electrons. The average molecular weight is 353 g/mol. The van der Waals surface area contributed by atoms with E-state index in [1.165, 1.54) is 0 Å². The maximum absolute atomic E-state index is 12.5. The lowest BCUT2D eigenvalue weighted by Crippen LogP contribution is -2.52. The van der Waals surface area contributed by atoms with Gasteiger partial charge in [0.2, 0.25) is 11.0 Å². The van der Waals surface area contributed by atoms with E-state index in [2.05, 4.69) is 33.8 Å². The van der Waals surface area contributed by atoms with Crippen molar-refractivity contribution in [2.45, 2.75) is 51.6 Å². The molecular formula is C17H28N4O2S. The molecule has 2 aliphatic heterocycles. The molecule has 0 radical (unpaired) electrons. The van der Waals surface area contributed by atoms with Crippen LogP contribution in [0.5, 0.6) is 0 Å². The van der Waals surface area contributed by atoms with Crippen LogP contribution in [0.4, 0.5) is 5.13 Å². The second kappa shape index (κ2) is 7.78. The first-order chi connectivity index (χ1) is 11.7. The van der Waals surface area contributed by atoms with Gasteiger partial charge in [0.05, 0.1) is 18.6 Å². The maximum atomic E-state index is 12.5. The zero-order valence-electron chi connectivity index (χ0n) is 14.7. The van der Waals surface area contributed by atoms with Gasteiger partial charge in [-0.25, -0.2) is 0 Å². The molecule has 0 N–H and O–H groups in total. The molecule has 3 rings (SSSR count). The molecule has 0 unspecified atom stereocenters. The Kier molecular flexibility index (Phi) is 5.71. The van der Waals surface area contributed by atoms with Crippen LogP contribution in [0.2, 0.25) is 0 Å². The molecule has 2 saturated heterocycles. The Morgan fingerprint density at radius 2 is 2.08 bits per heavy atom. The number of hydrogen-bond acceptors (Lipinski definition) is 6. The van der Waals surface area contributed by atoms with Gasteiger partial charge in [-0.2, -0.15) is 0 Å². The Bertz CT molecular complexity index is 525. The smallest absolute Gasteiger partial charge is 0.224 e. The highest BCUT2D eigenvalue weighted by Gasteiger charge is 2.41. The number of carbonyl (C=O) groups is 1. The standard InChI is InChI=1S/C17H28N4O2S/c1-3-14(4-2)11-21-12-17(23-10-5-15(21)22)6-8-20(9-7-17)16-19-18-13-24-16/h13-14H,3-12H2,1-2H3. The van der Waals surface area contributed by atoms with Crippen molar-refractivity contribution in [1.29, 1.82) is 0 Å². The first-order valence-corrected chi connectivity index (χ1v) is 9.96. The van der Waals surface area contributed by atoms with Gasteiger partial charge in [0.1, 0.15) is 5.51 Å². The quantitative estimate of drug-likeness (QED) is 0.815. The van der Waals surface area contributed by atoms with Crippen LogP contribution in [0, 0.1) is 5.92 Å². The minimum atomic E-state index is -0.181. The van der Waals surface area contributed by atoms with Crippen molar-refractivity contribution in [2.24, 2.45) is 5.92 Å². The molecule has 0 atom stereocenters. The summed E-state index contributed by atoms with van der Waals surface area (Å²) in [5.41, 5.74) is 1.59. The van der Waals surface area contributed by atoms with Crippen LogP contribution < -0.4 is 4.90 Å². The lowest BCUT2D eigenvalue weighted by atomic mass is 9.90. The Morgan fingerprint density at radius 3 is 2.71 bits per heavy atom. The van der Waals surface area contributed by atoms with Crippen molar-refractivity contribution >= 4 is 22.4 Å². The van der Waals surface area contributed by atoms with E-state index in [9.17, 15) is 4.79 Å². The van der Waals surface area contributed by atoms with Gasteiger partial charge in [0.15, 0.2) is 0 Å². The van der Waals surface area contributed by atoms with E-state index in [-0.39, 0.29) is 11.5 Å². The number of rotatable bonds is 5. The zero-order chi connectivity index (χ0) is 17.0. The number of hydrogen-bond donors (Lipinski definition) is 0.